The molecule has 1 aromatic rings. The number of amides is 1. The van der Waals surface area contributed by atoms with Gasteiger partial charge in [-0.3, -0.25) is 4.79 Å². The Balaban J connectivity index is 1.92. The van der Waals surface area contributed by atoms with Crippen LogP contribution in [0.1, 0.15) is 44.7 Å². The largest absolute Gasteiger partial charge is 0.355 e. The summed E-state index contributed by atoms with van der Waals surface area (Å²) < 4.78 is 2.10. The molecule has 2 rings (SSSR count). The summed E-state index contributed by atoms with van der Waals surface area (Å²) >= 11 is 0. The maximum absolute atomic E-state index is 10.9. The molecule has 19 heavy (non-hydrogen) atoms. The molecule has 1 aliphatic rings. The summed E-state index contributed by atoms with van der Waals surface area (Å²) in [5.74, 6) is 0.952. The maximum Gasteiger partial charge on any atom is 0.216 e. The molecule has 1 aromatic heterocycles. The second-order valence-electron chi connectivity index (χ2n) is 5.36. The summed E-state index contributed by atoms with van der Waals surface area (Å²) in [4.78, 5) is 15.4. The first-order valence-electron chi connectivity index (χ1n) is 7.20. The van der Waals surface area contributed by atoms with E-state index in [-0.39, 0.29) is 5.91 Å². The minimum Gasteiger partial charge on any atom is -0.355 e. The molecule has 0 aromatic carbocycles. The molecule has 1 fully saturated rings. The van der Waals surface area contributed by atoms with Crippen molar-refractivity contribution in [2.45, 2.75) is 58.5 Å². The molecule has 1 amide bonds. The lowest BCUT2D eigenvalue weighted by atomic mass is 9.96. The van der Waals surface area contributed by atoms with Gasteiger partial charge in [-0.2, -0.15) is 0 Å². The predicted octanol–water partition coefficient (Wildman–Crippen LogP) is 2.07. The van der Waals surface area contributed by atoms with Crippen LogP contribution in [0.15, 0.2) is 6.20 Å². The summed E-state index contributed by atoms with van der Waals surface area (Å²) in [5.41, 5.74) is 1.01. The van der Waals surface area contributed by atoms with Crippen molar-refractivity contribution in [2.75, 3.05) is 11.9 Å². The smallest absolute Gasteiger partial charge is 0.216 e. The van der Waals surface area contributed by atoms with Gasteiger partial charge >= 0.3 is 0 Å². The normalized spacial score (nSPS) is 16.3. The van der Waals surface area contributed by atoms with E-state index in [1.54, 1.807) is 6.92 Å². The molecular weight excluding hydrogens is 240 g/mol. The van der Waals surface area contributed by atoms with Crippen molar-refractivity contribution in [3.63, 3.8) is 0 Å². The Labute approximate surface area is 114 Å². The third kappa shape index (κ3) is 4.26. The fraction of sp³-hybridized carbons (Fsp3) is 0.714. The third-order valence-corrected chi connectivity index (χ3v) is 3.56. The second-order valence-corrected chi connectivity index (χ2v) is 5.36. The molecule has 0 aliphatic heterocycles. The number of aromatic nitrogens is 2. The Morgan fingerprint density at radius 1 is 1.42 bits per heavy atom. The molecular formula is C14H24N4O. The monoisotopic (exact) mass is 264 g/mol. The van der Waals surface area contributed by atoms with Crippen molar-refractivity contribution in [1.29, 1.82) is 0 Å². The molecule has 0 bridgehead atoms. The number of anilines is 1. The molecule has 106 valence electrons. The van der Waals surface area contributed by atoms with Gasteiger partial charge in [0.1, 0.15) is 0 Å². The zero-order valence-corrected chi connectivity index (χ0v) is 11.9. The van der Waals surface area contributed by atoms with Crippen molar-refractivity contribution in [2.24, 2.45) is 0 Å². The van der Waals surface area contributed by atoms with E-state index in [1.165, 1.54) is 32.1 Å². The quantitative estimate of drug-likeness (QED) is 0.856. The van der Waals surface area contributed by atoms with Gasteiger partial charge in [0.25, 0.3) is 0 Å². The van der Waals surface area contributed by atoms with Gasteiger partial charge in [-0.05, 0) is 19.8 Å². The summed E-state index contributed by atoms with van der Waals surface area (Å²) in [7, 11) is 0. The minimum atomic E-state index is 0.0126. The van der Waals surface area contributed by atoms with Crippen LogP contribution >= 0.6 is 0 Å². The molecule has 0 atom stereocenters. The van der Waals surface area contributed by atoms with Crippen LogP contribution in [0.5, 0.6) is 0 Å². The van der Waals surface area contributed by atoms with Gasteiger partial charge in [-0.1, -0.05) is 19.3 Å². The fourth-order valence-corrected chi connectivity index (χ4v) is 2.61. The summed E-state index contributed by atoms with van der Waals surface area (Å²) in [5, 5.41) is 6.37. The molecule has 0 radical (unpaired) electrons. The number of nitrogens with one attached hydrogen (secondary N) is 2. The number of carbonyl (C=O) groups excluding carboxylic acids is 1. The third-order valence-electron chi connectivity index (χ3n) is 3.56. The van der Waals surface area contributed by atoms with Crippen LogP contribution in [0.25, 0.3) is 0 Å². The van der Waals surface area contributed by atoms with Crippen molar-refractivity contribution in [1.82, 2.24) is 14.9 Å². The van der Waals surface area contributed by atoms with Crippen molar-refractivity contribution in [3.05, 3.63) is 11.9 Å². The topological polar surface area (TPSA) is 59.0 Å². The highest BCUT2D eigenvalue weighted by atomic mass is 16.1. The lowest BCUT2D eigenvalue weighted by molar-refractivity contribution is -0.118. The van der Waals surface area contributed by atoms with Crippen molar-refractivity contribution in [3.8, 4) is 0 Å². The van der Waals surface area contributed by atoms with Crippen LogP contribution in [-0.2, 0) is 11.3 Å². The Kier molecular flexibility index (Phi) is 4.82. The van der Waals surface area contributed by atoms with Gasteiger partial charge < -0.3 is 15.2 Å². The number of nitrogens with zero attached hydrogens (tertiary/aromatic N) is 2. The molecule has 0 saturated heterocycles. The van der Waals surface area contributed by atoms with E-state index >= 15 is 0 Å². The van der Waals surface area contributed by atoms with Crippen LogP contribution in [0.3, 0.4) is 0 Å². The number of imidazole rings is 1. The van der Waals surface area contributed by atoms with E-state index in [0.29, 0.717) is 12.6 Å². The number of rotatable bonds is 5. The molecule has 0 spiro atoms. The number of hydrogen-bond donors (Lipinski definition) is 2. The van der Waals surface area contributed by atoms with Crippen LogP contribution in [0.4, 0.5) is 5.95 Å². The standard InChI is InChI=1S/C14H24N4O/c1-11-10-18(9-8-15-12(2)19)14(16-11)17-13-6-4-3-5-7-13/h10,13H,3-9H2,1-2H3,(H,15,19)(H,16,17). The minimum absolute atomic E-state index is 0.0126. The molecule has 1 saturated carbocycles. The maximum atomic E-state index is 10.9. The Bertz CT molecular complexity index is 421. The van der Waals surface area contributed by atoms with Gasteiger partial charge in [0.2, 0.25) is 11.9 Å². The zero-order valence-electron chi connectivity index (χ0n) is 11.9. The van der Waals surface area contributed by atoms with Crippen LogP contribution in [-0.4, -0.2) is 28.0 Å². The van der Waals surface area contributed by atoms with Gasteiger partial charge in [0.05, 0.1) is 5.69 Å². The molecule has 1 aliphatic carbocycles. The van der Waals surface area contributed by atoms with E-state index in [0.717, 1.165) is 18.2 Å². The van der Waals surface area contributed by atoms with Crippen molar-refractivity contribution < 1.29 is 4.79 Å². The fourth-order valence-electron chi connectivity index (χ4n) is 2.61. The summed E-state index contributed by atoms with van der Waals surface area (Å²) in [6.45, 7) is 4.95. The average Bonchev–Trinajstić information content (AvgIpc) is 2.70. The molecule has 5 nitrogen and oxygen atoms in total. The Hall–Kier alpha value is -1.52. The van der Waals surface area contributed by atoms with E-state index in [4.69, 9.17) is 0 Å². The number of carbonyl (C=O) groups is 1. The van der Waals surface area contributed by atoms with Crippen molar-refractivity contribution >= 4 is 11.9 Å². The van der Waals surface area contributed by atoms with Gasteiger partial charge in [0, 0.05) is 32.3 Å². The molecule has 1 heterocycles. The van der Waals surface area contributed by atoms with Gasteiger partial charge in [-0.25, -0.2) is 4.98 Å². The first kappa shape index (κ1) is 13.9. The van der Waals surface area contributed by atoms with Crippen LogP contribution in [0.2, 0.25) is 0 Å². The summed E-state index contributed by atoms with van der Waals surface area (Å²) in [6, 6.07) is 0.551. The van der Waals surface area contributed by atoms with Gasteiger partial charge in [-0.15, -0.1) is 0 Å². The highest BCUT2D eigenvalue weighted by Gasteiger charge is 2.15. The lowest BCUT2D eigenvalue weighted by Gasteiger charge is -2.23. The number of aryl methyl sites for hydroxylation is 1. The van der Waals surface area contributed by atoms with Gasteiger partial charge in [0.15, 0.2) is 0 Å². The molecule has 0 unspecified atom stereocenters. The number of hydrogen-bond acceptors (Lipinski definition) is 3. The van der Waals surface area contributed by atoms with E-state index in [1.807, 2.05) is 13.1 Å². The van der Waals surface area contributed by atoms with Crippen LogP contribution < -0.4 is 10.6 Å². The highest BCUT2D eigenvalue weighted by molar-refractivity contribution is 5.72. The average molecular weight is 264 g/mol. The summed E-state index contributed by atoms with van der Waals surface area (Å²) in [6.07, 6.45) is 8.48. The first-order chi connectivity index (χ1) is 9.15. The lowest BCUT2D eigenvalue weighted by Crippen LogP contribution is -2.27. The zero-order chi connectivity index (χ0) is 13.7. The SMILES string of the molecule is CC(=O)NCCn1cc(C)nc1NC1CCCCC1. The second kappa shape index (κ2) is 6.59. The first-order valence-corrected chi connectivity index (χ1v) is 7.20. The Morgan fingerprint density at radius 3 is 2.84 bits per heavy atom. The van der Waals surface area contributed by atoms with E-state index < -0.39 is 0 Å². The van der Waals surface area contributed by atoms with E-state index in [2.05, 4.69) is 20.2 Å². The molecule has 2 N–H and O–H groups in total. The van der Waals surface area contributed by atoms with Crippen LogP contribution in [0, 0.1) is 6.92 Å². The Morgan fingerprint density at radius 2 is 2.16 bits per heavy atom. The highest BCUT2D eigenvalue weighted by Crippen LogP contribution is 2.21. The van der Waals surface area contributed by atoms with E-state index in [9.17, 15) is 4.79 Å². The predicted molar refractivity (Wildman–Crippen MR) is 76.1 cm³/mol. The molecule has 5 heteroatoms.